The van der Waals surface area contributed by atoms with Gasteiger partial charge in [0.25, 0.3) is 0 Å². The molecule has 0 unspecified atom stereocenters. The van der Waals surface area contributed by atoms with Crippen molar-refractivity contribution in [1.29, 1.82) is 0 Å². The number of aromatic amines is 2. The van der Waals surface area contributed by atoms with E-state index in [0.717, 1.165) is 23.7 Å². The molecular formula is C60H78N4. The molecule has 0 amide bonds. The average Bonchev–Trinajstić information content (AvgIpc) is 4.14. The zero-order chi connectivity index (χ0) is 44.5. The van der Waals surface area contributed by atoms with E-state index in [-0.39, 0.29) is 27.1 Å². The van der Waals surface area contributed by atoms with Gasteiger partial charge in [0.05, 0.1) is 22.8 Å². The molecule has 5 heterocycles. The fourth-order valence-corrected chi connectivity index (χ4v) is 19.3. The first-order valence-corrected chi connectivity index (χ1v) is 26.3. The number of rotatable bonds is 4. The van der Waals surface area contributed by atoms with Gasteiger partial charge in [0, 0.05) is 44.3 Å². The summed E-state index contributed by atoms with van der Waals surface area (Å²) in [4.78, 5) is 20.5. The molecule has 3 aromatic heterocycles. The molecule has 2 aliphatic heterocycles. The van der Waals surface area contributed by atoms with Gasteiger partial charge in [-0.25, -0.2) is 9.97 Å². The van der Waals surface area contributed by atoms with E-state index in [1.807, 2.05) is 0 Å². The van der Waals surface area contributed by atoms with Gasteiger partial charge in [-0.1, -0.05) is 83.1 Å². The van der Waals surface area contributed by atoms with Crippen molar-refractivity contribution in [3.8, 4) is 0 Å². The Morgan fingerprint density at radius 3 is 0.875 bits per heavy atom. The van der Waals surface area contributed by atoms with Gasteiger partial charge < -0.3 is 9.97 Å². The number of hydrogen-bond donors (Lipinski definition) is 2. The van der Waals surface area contributed by atoms with Crippen molar-refractivity contribution in [3.63, 3.8) is 0 Å². The van der Waals surface area contributed by atoms with Crippen LogP contribution in [0.3, 0.4) is 0 Å². The number of nitrogens with one attached hydrogen (secondary N) is 2. The van der Waals surface area contributed by atoms with Crippen LogP contribution in [0.1, 0.15) is 229 Å². The predicted molar refractivity (Wildman–Crippen MR) is 267 cm³/mol. The molecule has 16 bridgehead atoms. The first-order chi connectivity index (χ1) is 30.2. The van der Waals surface area contributed by atoms with Crippen molar-refractivity contribution < 1.29 is 0 Å². The second-order valence-corrected chi connectivity index (χ2v) is 27.3. The predicted octanol–water partition coefficient (Wildman–Crippen LogP) is 16.4. The maximum atomic E-state index is 5.96. The summed E-state index contributed by atoms with van der Waals surface area (Å²) in [7, 11) is 0. The van der Waals surface area contributed by atoms with Crippen LogP contribution in [0.5, 0.6) is 0 Å². The summed E-state index contributed by atoms with van der Waals surface area (Å²) < 4.78 is 0. The number of H-pyrrole nitrogens is 2. The molecule has 4 heteroatoms. The standard InChI is InChI=1S/C60H78N4/c1-53(2)33-21-25-57(53,9)37(29-33)49-41-13-15-43(61-41)50(38-30-34-22-26-58(38,10)54(34,3)4)45-17-19-47(63-45)52(40-32-36-24-28-60(40,12)56(36,7)8)48-20-18-46(64-48)51(44-16-14-42(49)62-44)39-31-35-23-27-59(39,11)55(35,5)6/h13-20,33-40,61-62H,21-32H2,1-12H3/t33-,34-,35-,36-,37-,38-,39-,40-,57-,58-,59-,60-/m0/s1. The molecule has 4 nitrogen and oxygen atoms in total. The maximum absolute atomic E-state index is 5.96. The van der Waals surface area contributed by atoms with Crippen LogP contribution >= 0.6 is 0 Å². The fourth-order valence-electron chi connectivity index (χ4n) is 19.3. The molecule has 8 saturated carbocycles. The van der Waals surface area contributed by atoms with Crippen molar-refractivity contribution in [3.05, 3.63) is 69.3 Å². The zero-order valence-electron chi connectivity index (χ0n) is 41.6. The van der Waals surface area contributed by atoms with Gasteiger partial charge in [0.1, 0.15) is 0 Å². The number of fused-ring (bicyclic) bond motifs is 16. The largest absolute Gasteiger partial charge is 0.355 e. The van der Waals surface area contributed by atoms with Crippen molar-refractivity contribution in [2.24, 2.45) is 67.0 Å². The van der Waals surface area contributed by atoms with Gasteiger partial charge >= 0.3 is 0 Å². The Bertz CT molecular complexity index is 2640. The Balaban J connectivity index is 1.15. The highest BCUT2D eigenvalue weighted by Gasteiger charge is 2.65. The summed E-state index contributed by atoms with van der Waals surface area (Å²) in [6.07, 6.45) is 25.3. The Kier molecular flexibility index (Phi) is 7.90. The van der Waals surface area contributed by atoms with E-state index < -0.39 is 0 Å². The maximum Gasteiger partial charge on any atom is 0.0694 e. The molecule has 0 aromatic carbocycles. The SMILES string of the molecule is CC1(C)[C@H]2CC[C@@]1(C)[C@H](c1c3nc(c([C@@H]4C[C@@H]5CC[C@]4(C)C5(C)C)c4ccc([nH]4)c([C@@H]4C[C@@H]5CC[C@]4(C)C5(C)C)c4ccc([nH]4)c([C@@H]4C[C@@H]5CC[C@]4(C)C5(C)C)c4nc1C=C4)C=C3)C2. The number of nitrogens with zero attached hydrogens (tertiary/aromatic N) is 2. The molecule has 0 spiro atoms. The van der Waals surface area contributed by atoms with Gasteiger partial charge in [-0.05, 0) is 216 Å². The van der Waals surface area contributed by atoms with E-state index in [2.05, 4.69) is 142 Å². The van der Waals surface area contributed by atoms with Crippen LogP contribution in [-0.4, -0.2) is 19.9 Å². The molecule has 338 valence electrons. The minimum Gasteiger partial charge on any atom is -0.355 e. The van der Waals surface area contributed by atoms with Gasteiger partial charge in [0.2, 0.25) is 0 Å². The van der Waals surface area contributed by atoms with Crippen LogP contribution in [0.4, 0.5) is 0 Å². The lowest BCUT2D eigenvalue weighted by atomic mass is 9.64. The summed E-state index contributed by atoms with van der Waals surface area (Å²) in [5.41, 5.74) is 17.9. The summed E-state index contributed by atoms with van der Waals surface area (Å²) in [6, 6.07) is 9.93. The number of aromatic nitrogens is 4. The smallest absolute Gasteiger partial charge is 0.0694 e. The molecule has 0 saturated heterocycles. The zero-order valence-corrected chi connectivity index (χ0v) is 41.6. The Hall–Kier alpha value is -3.40. The highest BCUT2D eigenvalue weighted by molar-refractivity contribution is 5.85. The van der Waals surface area contributed by atoms with Gasteiger partial charge in [-0.2, -0.15) is 0 Å². The third kappa shape index (κ3) is 4.64. The van der Waals surface area contributed by atoms with Gasteiger partial charge in [-0.3, -0.25) is 0 Å². The van der Waals surface area contributed by atoms with Crippen LogP contribution in [-0.2, 0) is 0 Å². The van der Waals surface area contributed by atoms with Crippen LogP contribution in [0.2, 0.25) is 0 Å². The normalized spacial score (nSPS) is 41.9. The Morgan fingerprint density at radius 1 is 0.359 bits per heavy atom. The monoisotopic (exact) mass is 855 g/mol. The van der Waals surface area contributed by atoms with E-state index in [1.54, 1.807) is 0 Å². The highest BCUT2D eigenvalue weighted by atomic mass is 14.8. The Labute approximate surface area is 384 Å². The molecular weight excluding hydrogens is 777 g/mol. The van der Waals surface area contributed by atoms with E-state index in [9.17, 15) is 0 Å². The molecule has 64 heavy (non-hydrogen) atoms. The highest BCUT2D eigenvalue weighted by Crippen LogP contribution is 2.75. The summed E-state index contributed by atoms with van der Waals surface area (Å²) >= 11 is 0. The van der Waals surface area contributed by atoms with Crippen LogP contribution in [0.15, 0.2) is 24.3 Å². The molecule has 0 radical (unpaired) electrons. The van der Waals surface area contributed by atoms with Crippen molar-refractivity contribution in [2.75, 3.05) is 0 Å². The van der Waals surface area contributed by atoms with Gasteiger partial charge in [-0.15, -0.1) is 0 Å². The van der Waals surface area contributed by atoms with E-state index >= 15 is 0 Å². The third-order valence-electron chi connectivity index (χ3n) is 25.5. The second-order valence-electron chi connectivity index (χ2n) is 27.3. The molecule has 13 rings (SSSR count). The van der Waals surface area contributed by atoms with E-state index in [0.29, 0.717) is 39.9 Å². The lowest BCUT2D eigenvalue weighted by molar-refractivity contribution is 0.134. The van der Waals surface area contributed by atoms with Crippen molar-refractivity contribution in [1.82, 2.24) is 19.9 Å². The molecule has 8 fully saturated rings. The first kappa shape index (κ1) is 40.8. The minimum atomic E-state index is 0.204. The van der Waals surface area contributed by atoms with Crippen molar-refractivity contribution in [2.45, 2.75) is 184 Å². The average molecular weight is 855 g/mol. The van der Waals surface area contributed by atoms with E-state index in [4.69, 9.17) is 9.97 Å². The van der Waals surface area contributed by atoms with E-state index in [1.165, 1.54) is 144 Å². The van der Waals surface area contributed by atoms with Gasteiger partial charge in [0.15, 0.2) is 0 Å². The summed E-state index contributed by atoms with van der Waals surface area (Å²) in [5, 5.41) is 0. The number of hydrogen-bond acceptors (Lipinski definition) is 2. The lowest BCUT2D eigenvalue weighted by Crippen LogP contribution is -2.32. The topological polar surface area (TPSA) is 57.4 Å². The molecule has 10 aliphatic rings. The second kappa shape index (κ2) is 12.4. The molecule has 8 aliphatic carbocycles. The summed E-state index contributed by atoms with van der Waals surface area (Å²) in [5.74, 6) is 4.77. The lowest BCUT2D eigenvalue weighted by Gasteiger charge is -2.40. The van der Waals surface area contributed by atoms with Crippen molar-refractivity contribution >= 4 is 46.4 Å². The third-order valence-corrected chi connectivity index (χ3v) is 25.5. The molecule has 2 N–H and O–H groups in total. The minimum absolute atomic E-state index is 0.204. The quantitative estimate of drug-likeness (QED) is 0.189. The van der Waals surface area contributed by atoms with Crippen LogP contribution in [0, 0.1) is 67.0 Å². The van der Waals surface area contributed by atoms with Crippen LogP contribution in [0.25, 0.3) is 46.4 Å². The summed E-state index contributed by atoms with van der Waals surface area (Å²) in [6.45, 7) is 31.2. The fraction of sp³-hybridized carbons (Fsp3) is 0.667. The molecule has 12 atom stereocenters. The Morgan fingerprint density at radius 2 is 0.609 bits per heavy atom. The molecule has 3 aromatic rings. The van der Waals surface area contributed by atoms with Crippen LogP contribution < -0.4 is 0 Å². The first-order valence-electron chi connectivity index (χ1n) is 26.3.